The van der Waals surface area contributed by atoms with Crippen molar-refractivity contribution < 1.29 is 23.4 Å². The first-order valence-electron chi connectivity index (χ1n) is 8.70. The van der Waals surface area contributed by atoms with Crippen LogP contribution in [0.2, 0.25) is 5.02 Å². The number of ether oxygens (including phenoxy) is 1. The van der Waals surface area contributed by atoms with Crippen molar-refractivity contribution in [1.29, 1.82) is 0 Å². The van der Waals surface area contributed by atoms with Gasteiger partial charge in [-0.1, -0.05) is 11.6 Å². The van der Waals surface area contributed by atoms with Crippen LogP contribution in [0, 0.1) is 0 Å². The van der Waals surface area contributed by atoms with Gasteiger partial charge in [0.2, 0.25) is 10.0 Å². The molecule has 1 aromatic carbocycles. The number of benzene rings is 1. The zero-order valence-electron chi connectivity index (χ0n) is 15.7. The largest absolute Gasteiger partial charge is 0.394 e. The first kappa shape index (κ1) is 22.5. The number of hydrogen-bond donors (Lipinski definition) is 3. The number of halogens is 1. The van der Waals surface area contributed by atoms with Gasteiger partial charge in [0.05, 0.1) is 23.6 Å². The minimum Gasteiger partial charge on any atom is -0.394 e. The van der Waals surface area contributed by atoms with Crippen LogP contribution in [0.5, 0.6) is 0 Å². The minimum absolute atomic E-state index is 0.0184. The number of aliphatic hydroxyl groups excluding tert-OH is 2. The van der Waals surface area contributed by atoms with Crippen LogP contribution >= 0.6 is 11.6 Å². The van der Waals surface area contributed by atoms with E-state index in [0.717, 1.165) is 6.54 Å². The molecule has 0 aliphatic carbocycles. The van der Waals surface area contributed by atoms with Gasteiger partial charge in [-0.05, 0) is 45.4 Å². The predicted octanol–water partition coefficient (Wildman–Crippen LogP) is -0.399. The van der Waals surface area contributed by atoms with E-state index in [1.165, 1.54) is 24.3 Å². The molecule has 8 nitrogen and oxygen atoms in total. The fraction of sp³-hybridized carbons (Fsp3) is 0.647. The Balaban J connectivity index is 2.08. The second-order valence-electron chi connectivity index (χ2n) is 6.97. The molecule has 1 aliphatic heterocycles. The third-order valence-corrected chi connectivity index (χ3v) is 6.34. The quantitative estimate of drug-likeness (QED) is 0.498. The van der Waals surface area contributed by atoms with Crippen LogP contribution in [-0.2, 0) is 14.8 Å². The minimum atomic E-state index is -3.74. The second kappa shape index (κ2) is 9.62. The Hall–Kier alpha value is -0.780. The van der Waals surface area contributed by atoms with Crippen molar-refractivity contribution in [2.75, 3.05) is 47.4 Å². The zero-order valence-corrected chi connectivity index (χ0v) is 17.3. The van der Waals surface area contributed by atoms with E-state index in [-0.39, 0.29) is 18.0 Å². The second-order valence-corrected chi connectivity index (χ2v) is 9.17. The standard InChI is InChI=1S/C17H28ClN3O5S/c1-20(2)8-9-21(3)16-14(26-15(11-22)17(16)23)10-19-27(24,25)13-6-4-12(18)5-7-13/h4-7,14-17,19,22-23H,8-11H2,1-3H3/t14-,15+,16-,17-/m1/s1. The van der Waals surface area contributed by atoms with Crippen molar-refractivity contribution in [2.24, 2.45) is 0 Å². The average molecular weight is 422 g/mol. The molecule has 0 amide bonds. The maximum absolute atomic E-state index is 12.5. The summed E-state index contributed by atoms with van der Waals surface area (Å²) >= 11 is 5.80. The Labute approximate surface area is 165 Å². The maximum atomic E-state index is 12.5. The van der Waals surface area contributed by atoms with Crippen LogP contribution in [0.1, 0.15) is 0 Å². The fourth-order valence-electron chi connectivity index (χ4n) is 3.09. The van der Waals surface area contributed by atoms with Crippen LogP contribution in [-0.4, -0.2) is 100 Å². The lowest BCUT2D eigenvalue weighted by molar-refractivity contribution is -0.0201. The van der Waals surface area contributed by atoms with E-state index in [1.54, 1.807) is 0 Å². The van der Waals surface area contributed by atoms with Crippen LogP contribution in [0.25, 0.3) is 0 Å². The molecule has 0 saturated carbocycles. The molecule has 1 aliphatic rings. The van der Waals surface area contributed by atoms with E-state index in [4.69, 9.17) is 16.3 Å². The van der Waals surface area contributed by atoms with E-state index in [2.05, 4.69) is 4.72 Å². The highest BCUT2D eigenvalue weighted by Crippen LogP contribution is 2.25. The van der Waals surface area contributed by atoms with Gasteiger partial charge < -0.3 is 19.8 Å². The topological polar surface area (TPSA) is 102 Å². The van der Waals surface area contributed by atoms with Crippen LogP contribution in [0.15, 0.2) is 29.2 Å². The molecule has 0 bridgehead atoms. The Morgan fingerprint density at radius 2 is 1.78 bits per heavy atom. The molecule has 3 N–H and O–H groups in total. The lowest BCUT2D eigenvalue weighted by Gasteiger charge is -2.31. The van der Waals surface area contributed by atoms with Crippen molar-refractivity contribution in [2.45, 2.75) is 29.2 Å². The van der Waals surface area contributed by atoms with Gasteiger partial charge in [0.1, 0.15) is 12.2 Å². The smallest absolute Gasteiger partial charge is 0.240 e. The lowest BCUT2D eigenvalue weighted by atomic mass is 10.0. The molecule has 1 heterocycles. The number of aliphatic hydroxyl groups is 2. The summed E-state index contributed by atoms with van der Waals surface area (Å²) in [7, 11) is 2.00. The highest BCUT2D eigenvalue weighted by atomic mass is 35.5. The molecule has 27 heavy (non-hydrogen) atoms. The Kier molecular flexibility index (Phi) is 8.02. The molecule has 0 aromatic heterocycles. The molecule has 0 unspecified atom stereocenters. The highest BCUT2D eigenvalue weighted by molar-refractivity contribution is 7.89. The molecular weight excluding hydrogens is 394 g/mol. The summed E-state index contributed by atoms with van der Waals surface area (Å²) in [6.45, 7) is 1.08. The summed E-state index contributed by atoms with van der Waals surface area (Å²) < 4.78 is 33.2. The van der Waals surface area contributed by atoms with Gasteiger partial charge in [0.15, 0.2) is 0 Å². The van der Waals surface area contributed by atoms with Gasteiger partial charge in [-0.2, -0.15) is 0 Å². The molecular formula is C17H28ClN3O5S. The van der Waals surface area contributed by atoms with E-state index in [9.17, 15) is 18.6 Å². The SMILES string of the molecule is CN(C)CCN(C)[C@H]1[C@H](O)[C@H](CO)O[C@@H]1CNS(=O)(=O)c1ccc(Cl)cc1. The number of likely N-dealkylation sites (N-methyl/N-ethyl adjacent to an activating group) is 2. The summed E-state index contributed by atoms with van der Waals surface area (Å²) in [4.78, 5) is 4.05. The van der Waals surface area contributed by atoms with Crippen molar-refractivity contribution >= 4 is 21.6 Å². The Morgan fingerprint density at radius 1 is 1.15 bits per heavy atom. The van der Waals surface area contributed by atoms with Crippen molar-refractivity contribution in [1.82, 2.24) is 14.5 Å². The molecule has 0 radical (unpaired) electrons. The summed E-state index contributed by atoms with van der Waals surface area (Å²) in [6, 6.07) is 5.42. The van der Waals surface area contributed by atoms with Crippen LogP contribution in [0.3, 0.4) is 0 Å². The monoisotopic (exact) mass is 421 g/mol. The average Bonchev–Trinajstić information content (AvgIpc) is 2.94. The van der Waals surface area contributed by atoms with Gasteiger partial charge in [0, 0.05) is 24.7 Å². The number of nitrogens with one attached hydrogen (secondary N) is 1. The normalized spacial score (nSPS) is 26.2. The van der Waals surface area contributed by atoms with E-state index in [0.29, 0.717) is 11.6 Å². The van der Waals surface area contributed by atoms with Gasteiger partial charge in [-0.15, -0.1) is 0 Å². The lowest BCUT2D eigenvalue weighted by Crippen LogP contribution is -2.51. The van der Waals surface area contributed by atoms with E-state index in [1.807, 2.05) is 30.9 Å². The third-order valence-electron chi connectivity index (χ3n) is 4.65. The third kappa shape index (κ3) is 5.85. The van der Waals surface area contributed by atoms with Crippen molar-refractivity contribution in [3.8, 4) is 0 Å². The predicted molar refractivity (Wildman–Crippen MR) is 103 cm³/mol. The van der Waals surface area contributed by atoms with Gasteiger partial charge >= 0.3 is 0 Å². The first-order chi connectivity index (χ1) is 12.7. The Morgan fingerprint density at radius 3 is 2.33 bits per heavy atom. The number of nitrogens with zero attached hydrogens (tertiary/aromatic N) is 2. The molecule has 1 fully saturated rings. The summed E-state index contributed by atoms with van der Waals surface area (Å²) in [5.41, 5.74) is 0. The molecule has 1 aromatic rings. The molecule has 1 saturated heterocycles. The van der Waals surface area contributed by atoms with Gasteiger partial charge in [0.25, 0.3) is 0 Å². The molecule has 10 heteroatoms. The summed E-state index contributed by atoms with van der Waals surface area (Å²) in [6.07, 6.45) is -2.25. The molecule has 154 valence electrons. The van der Waals surface area contributed by atoms with Crippen molar-refractivity contribution in [3.63, 3.8) is 0 Å². The molecule has 4 atom stereocenters. The maximum Gasteiger partial charge on any atom is 0.240 e. The Bertz CT molecular complexity index is 701. The van der Waals surface area contributed by atoms with Gasteiger partial charge in [-0.25, -0.2) is 13.1 Å². The summed E-state index contributed by atoms with van der Waals surface area (Å²) in [5, 5.41) is 20.4. The molecule has 0 spiro atoms. The van der Waals surface area contributed by atoms with Crippen LogP contribution < -0.4 is 4.72 Å². The van der Waals surface area contributed by atoms with Crippen molar-refractivity contribution in [3.05, 3.63) is 29.3 Å². The summed E-state index contributed by atoms with van der Waals surface area (Å²) in [5.74, 6) is 0. The van der Waals surface area contributed by atoms with Gasteiger partial charge in [-0.3, -0.25) is 4.90 Å². The van der Waals surface area contributed by atoms with Crippen LogP contribution in [0.4, 0.5) is 0 Å². The number of sulfonamides is 1. The fourth-order valence-corrected chi connectivity index (χ4v) is 4.26. The highest BCUT2D eigenvalue weighted by Gasteiger charge is 2.45. The van der Waals surface area contributed by atoms with E-state index < -0.39 is 34.4 Å². The first-order valence-corrected chi connectivity index (χ1v) is 10.6. The zero-order chi connectivity index (χ0) is 20.2. The number of rotatable bonds is 9. The number of hydrogen-bond acceptors (Lipinski definition) is 7. The van der Waals surface area contributed by atoms with E-state index >= 15 is 0 Å². The molecule has 2 rings (SSSR count).